The van der Waals surface area contributed by atoms with Crippen molar-refractivity contribution in [2.24, 2.45) is 5.41 Å². The molecule has 15 heavy (non-hydrogen) atoms. The van der Waals surface area contributed by atoms with Crippen molar-refractivity contribution in [2.45, 2.75) is 26.7 Å². The number of aliphatic hydroxyl groups excluding tert-OH is 1. The summed E-state index contributed by atoms with van der Waals surface area (Å²) < 4.78 is 0. The van der Waals surface area contributed by atoms with E-state index in [1.165, 1.54) is 0 Å². The van der Waals surface area contributed by atoms with Gasteiger partial charge in [0.15, 0.2) is 0 Å². The number of nitrogens with one attached hydrogen (secondary N) is 1. The van der Waals surface area contributed by atoms with Crippen molar-refractivity contribution in [3.63, 3.8) is 0 Å². The highest BCUT2D eigenvalue weighted by Crippen LogP contribution is 2.17. The molecule has 0 fully saturated rings. The Morgan fingerprint density at radius 2 is 2.00 bits per heavy atom. The third-order valence-corrected chi connectivity index (χ3v) is 2.34. The standard InChI is InChI=1S/C11H24N2O2/c1-11(2,6-8-14)9-12-10(15)5-7-13(3)4/h14H,5-9H2,1-4H3,(H,12,15). The van der Waals surface area contributed by atoms with Gasteiger partial charge in [-0.2, -0.15) is 0 Å². The quantitative estimate of drug-likeness (QED) is 0.650. The van der Waals surface area contributed by atoms with Gasteiger partial charge in [-0.3, -0.25) is 4.79 Å². The molecule has 0 heterocycles. The van der Waals surface area contributed by atoms with Crippen LogP contribution in [-0.2, 0) is 4.79 Å². The van der Waals surface area contributed by atoms with Crippen molar-refractivity contribution in [1.29, 1.82) is 0 Å². The molecule has 0 spiro atoms. The Morgan fingerprint density at radius 1 is 1.40 bits per heavy atom. The first-order valence-corrected chi connectivity index (χ1v) is 5.40. The van der Waals surface area contributed by atoms with Gasteiger partial charge in [-0.25, -0.2) is 0 Å². The fourth-order valence-electron chi connectivity index (χ4n) is 1.14. The fourth-order valence-corrected chi connectivity index (χ4v) is 1.14. The topological polar surface area (TPSA) is 52.6 Å². The summed E-state index contributed by atoms with van der Waals surface area (Å²) in [5.41, 5.74) is -0.0253. The molecule has 0 aromatic carbocycles. The smallest absolute Gasteiger partial charge is 0.221 e. The second-order valence-corrected chi connectivity index (χ2v) is 4.97. The average molecular weight is 216 g/mol. The largest absolute Gasteiger partial charge is 0.396 e. The van der Waals surface area contributed by atoms with E-state index in [4.69, 9.17) is 5.11 Å². The molecule has 0 saturated heterocycles. The summed E-state index contributed by atoms with van der Waals surface area (Å²) in [7, 11) is 3.89. The first-order valence-electron chi connectivity index (χ1n) is 5.40. The van der Waals surface area contributed by atoms with Crippen molar-refractivity contribution in [3.05, 3.63) is 0 Å². The van der Waals surface area contributed by atoms with E-state index in [-0.39, 0.29) is 17.9 Å². The van der Waals surface area contributed by atoms with E-state index in [2.05, 4.69) is 5.32 Å². The zero-order valence-corrected chi connectivity index (χ0v) is 10.3. The first-order chi connectivity index (χ1) is 6.87. The van der Waals surface area contributed by atoms with E-state index in [1.54, 1.807) is 0 Å². The predicted octanol–water partition coefficient (Wildman–Crippen LogP) is 0.463. The van der Waals surface area contributed by atoms with Crippen LogP contribution in [0.5, 0.6) is 0 Å². The van der Waals surface area contributed by atoms with Crippen molar-refractivity contribution >= 4 is 5.91 Å². The molecule has 4 nitrogen and oxygen atoms in total. The minimum atomic E-state index is -0.0253. The van der Waals surface area contributed by atoms with Crippen molar-refractivity contribution in [3.8, 4) is 0 Å². The highest BCUT2D eigenvalue weighted by Gasteiger charge is 2.17. The molecule has 0 aliphatic rings. The molecule has 0 saturated carbocycles. The number of hydrogen-bond donors (Lipinski definition) is 2. The Hall–Kier alpha value is -0.610. The zero-order valence-electron chi connectivity index (χ0n) is 10.3. The summed E-state index contributed by atoms with van der Waals surface area (Å²) in [5.74, 6) is 0.0784. The van der Waals surface area contributed by atoms with Gasteiger partial charge < -0.3 is 15.3 Å². The minimum Gasteiger partial charge on any atom is -0.396 e. The normalized spacial score (nSPS) is 11.9. The maximum atomic E-state index is 11.4. The monoisotopic (exact) mass is 216 g/mol. The molecule has 0 bridgehead atoms. The number of aliphatic hydroxyl groups is 1. The van der Waals surface area contributed by atoms with Crippen LogP contribution >= 0.6 is 0 Å². The van der Waals surface area contributed by atoms with Gasteiger partial charge in [-0.15, -0.1) is 0 Å². The third-order valence-electron chi connectivity index (χ3n) is 2.34. The SMILES string of the molecule is CN(C)CCC(=O)NCC(C)(C)CCO. The summed E-state index contributed by atoms with van der Waals surface area (Å²) in [5, 5.41) is 11.7. The van der Waals surface area contributed by atoms with Gasteiger partial charge in [0.05, 0.1) is 0 Å². The van der Waals surface area contributed by atoms with Gasteiger partial charge in [-0.05, 0) is 25.9 Å². The highest BCUT2D eigenvalue weighted by atomic mass is 16.3. The molecular weight excluding hydrogens is 192 g/mol. The second kappa shape index (κ2) is 6.80. The Labute approximate surface area is 92.7 Å². The summed E-state index contributed by atoms with van der Waals surface area (Å²) in [6.07, 6.45) is 1.24. The van der Waals surface area contributed by atoms with Crippen LogP contribution in [0.3, 0.4) is 0 Å². The Bertz CT molecular complexity index is 191. The molecule has 0 aliphatic carbocycles. The van der Waals surface area contributed by atoms with E-state index in [9.17, 15) is 4.79 Å². The maximum Gasteiger partial charge on any atom is 0.221 e. The Morgan fingerprint density at radius 3 is 2.47 bits per heavy atom. The molecule has 0 atom stereocenters. The van der Waals surface area contributed by atoms with Crippen molar-refractivity contribution in [2.75, 3.05) is 33.8 Å². The van der Waals surface area contributed by atoms with Crippen LogP contribution in [-0.4, -0.2) is 49.7 Å². The molecule has 0 rings (SSSR count). The Kier molecular flexibility index (Phi) is 6.52. The molecule has 4 heteroatoms. The van der Waals surface area contributed by atoms with Crippen LogP contribution < -0.4 is 5.32 Å². The van der Waals surface area contributed by atoms with Gasteiger partial charge >= 0.3 is 0 Å². The van der Waals surface area contributed by atoms with E-state index < -0.39 is 0 Å². The molecule has 2 N–H and O–H groups in total. The number of carbonyl (C=O) groups excluding carboxylic acids is 1. The summed E-state index contributed by atoms with van der Waals surface area (Å²) >= 11 is 0. The summed E-state index contributed by atoms with van der Waals surface area (Å²) in [6.45, 7) is 5.64. The fraction of sp³-hybridized carbons (Fsp3) is 0.909. The van der Waals surface area contributed by atoms with Crippen molar-refractivity contribution < 1.29 is 9.90 Å². The van der Waals surface area contributed by atoms with Crippen molar-refractivity contribution in [1.82, 2.24) is 10.2 Å². The van der Waals surface area contributed by atoms with Gasteiger partial charge in [0, 0.05) is 26.1 Å². The molecule has 0 unspecified atom stereocenters. The Balaban J connectivity index is 3.70. The summed E-state index contributed by atoms with van der Waals surface area (Å²) in [6, 6.07) is 0. The van der Waals surface area contributed by atoms with Crippen LogP contribution in [0.15, 0.2) is 0 Å². The molecule has 1 amide bonds. The van der Waals surface area contributed by atoms with Crippen LogP contribution in [0.25, 0.3) is 0 Å². The highest BCUT2D eigenvalue weighted by molar-refractivity contribution is 5.76. The maximum absolute atomic E-state index is 11.4. The van der Waals surface area contributed by atoms with Crippen LogP contribution in [0.4, 0.5) is 0 Å². The molecule has 0 aromatic heterocycles. The number of rotatable bonds is 7. The number of hydrogen-bond acceptors (Lipinski definition) is 3. The molecular formula is C11H24N2O2. The molecule has 90 valence electrons. The zero-order chi connectivity index (χ0) is 11.9. The lowest BCUT2D eigenvalue weighted by molar-refractivity contribution is -0.121. The molecule has 0 aromatic rings. The van der Waals surface area contributed by atoms with E-state index in [0.717, 1.165) is 6.54 Å². The number of carbonyl (C=O) groups is 1. The lowest BCUT2D eigenvalue weighted by Gasteiger charge is -2.24. The average Bonchev–Trinajstić information content (AvgIpc) is 2.11. The van der Waals surface area contributed by atoms with E-state index >= 15 is 0 Å². The first kappa shape index (κ1) is 14.4. The lowest BCUT2D eigenvalue weighted by Crippen LogP contribution is -2.35. The molecule has 0 radical (unpaired) electrons. The van der Waals surface area contributed by atoms with Crippen LogP contribution in [0, 0.1) is 5.41 Å². The van der Waals surface area contributed by atoms with Gasteiger partial charge in [0.25, 0.3) is 0 Å². The second-order valence-electron chi connectivity index (χ2n) is 4.97. The predicted molar refractivity (Wildman–Crippen MR) is 61.7 cm³/mol. The van der Waals surface area contributed by atoms with E-state index in [0.29, 0.717) is 19.4 Å². The van der Waals surface area contributed by atoms with Gasteiger partial charge in [0.2, 0.25) is 5.91 Å². The number of nitrogens with zero attached hydrogens (tertiary/aromatic N) is 1. The van der Waals surface area contributed by atoms with E-state index in [1.807, 2.05) is 32.8 Å². The third kappa shape index (κ3) is 8.39. The minimum absolute atomic E-state index is 0.0253. The van der Waals surface area contributed by atoms with Crippen LogP contribution in [0.1, 0.15) is 26.7 Å². The molecule has 0 aliphatic heterocycles. The van der Waals surface area contributed by atoms with Gasteiger partial charge in [0.1, 0.15) is 0 Å². The lowest BCUT2D eigenvalue weighted by atomic mass is 9.90. The number of amides is 1. The summed E-state index contributed by atoms with van der Waals surface area (Å²) in [4.78, 5) is 13.4. The van der Waals surface area contributed by atoms with Crippen LogP contribution in [0.2, 0.25) is 0 Å². The van der Waals surface area contributed by atoms with Gasteiger partial charge in [-0.1, -0.05) is 13.8 Å².